The lowest BCUT2D eigenvalue weighted by Gasteiger charge is -2.25. The van der Waals surface area contributed by atoms with Crippen LogP contribution in [-0.2, 0) is 15.4 Å². The van der Waals surface area contributed by atoms with Gasteiger partial charge in [0.25, 0.3) is 0 Å². The minimum absolute atomic E-state index is 0.312. The van der Waals surface area contributed by atoms with Crippen LogP contribution in [0.3, 0.4) is 0 Å². The third-order valence-electron chi connectivity index (χ3n) is 4.73. The van der Waals surface area contributed by atoms with Crippen molar-refractivity contribution in [1.29, 1.82) is 0 Å². The van der Waals surface area contributed by atoms with Crippen molar-refractivity contribution in [3.63, 3.8) is 0 Å². The van der Waals surface area contributed by atoms with Gasteiger partial charge < -0.3 is 9.84 Å². The van der Waals surface area contributed by atoms with Crippen molar-refractivity contribution in [3.8, 4) is 5.88 Å². The molecule has 0 aliphatic rings. The standard InChI is InChI=1S/C19H27ClN2O4S/c1-6-7-19(4,23)16-11-22-18(15-10-21-17(20)9-14(15)16)26-12(2)8-13(3)27(5,24)25/h9-13,23H,6-8H2,1-5H3/t12-,13-,19?/m1/s1. The Morgan fingerprint density at radius 3 is 2.52 bits per heavy atom. The van der Waals surface area contributed by atoms with Gasteiger partial charge in [0.05, 0.1) is 22.3 Å². The Morgan fingerprint density at radius 2 is 1.93 bits per heavy atom. The van der Waals surface area contributed by atoms with Gasteiger partial charge in [-0.1, -0.05) is 24.9 Å². The van der Waals surface area contributed by atoms with Crippen molar-refractivity contribution < 1.29 is 18.3 Å². The van der Waals surface area contributed by atoms with E-state index in [0.29, 0.717) is 34.8 Å². The number of pyridine rings is 2. The van der Waals surface area contributed by atoms with Gasteiger partial charge in [-0.2, -0.15) is 0 Å². The Morgan fingerprint density at radius 1 is 1.26 bits per heavy atom. The molecule has 1 unspecified atom stereocenters. The molecule has 6 nitrogen and oxygen atoms in total. The fraction of sp³-hybridized carbons (Fsp3) is 0.579. The zero-order chi connectivity index (χ0) is 20.4. The average molecular weight is 415 g/mol. The number of rotatable bonds is 8. The van der Waals surface area contributed by atoms with Crippen LogP contribution in [0.2, 0.25) is 5.15 Å². The van der Waals surface area contributed by atoms with Crippen LogP contribution in [0.15, 0.2) is 18.5 Å². The van der Waals surface area contributed by atoms with Crippen LogP contribution in [0.4, 0.5) is 0 Å². The monoisotopic (exact) mass is 414 g/mol. The molecule has 3 atom stereocenters. The maximum absolute atomic E-state index is 11.7. The molecule has 2 aromatic heterocycles. The van der Waals surface area contributed by atoms with Crippen molar-refractivity contribution >= 4 is 32.2 Å². The van der Waals surface area contributed by atoms with Gasteiger partial charge >= 0.3 is 0 Å². The number of hydrogen-bond donors (Lipinski definition) is 1. The third-order valence-corrected chi connectivity index (χ3v) is 6.59. The number of fused-ring (bicyclic) bond motifs is 1. The molecule has 2 rings (SSSR count). The van der Waals surface area contributed by atoms with Gasteiger partial charge in [0, 0.05) is 30.6 Å². The summed E-state index contributed by atoms with van der Waals surface area (Å²) in [4.78, 5) is 8.49. The molecule has 1 N–H and O–H groups in total. The van der Waals surface area contributed by atoms with Gasteiger partial charge in [-0.25, -0.2) is 18.4 Å². The van der Waals surface area contributed by atoms with E-state index < -0.39 is 20.7 Å². The van der Waals surface area contributed by atoms with Crippen LogP contribution in [0.5, 0.6) is 5.88 Å². The Hall–Kier alpha value is -1.44. The van der Waals surface area contributed by atoms with Gasteiger partial charge in [-0.05, 0) is 38.6 Å². The number of aromatic nitrogens is 2. The third kappa shape index (κ3) is 5.30. The lowest BCUT2D eigenvalue weighted by atomic mass is 9.89. The highest BCUT2D eigenvalue weighted by Crippen LogP contribution is 2.36. The number of sulfone groups is 1. The average Bonchev–Trinajstić information content (AvgIpc) is 2.53. The Labute approximate surface area is 165 Å². The van der Waals surface area contributed by atoms with Crippen molar-refractivity contribution in [2.75, 3.05) is 6.26 Å². The second-order valence-electron chi connectivity index (χ2n) is 7.36. The molecule has 27 heavy (non-hydrogen) atoms. The first-order valence-corrected chi connectivity index (χ1v) is 11.3. The SMILES string of the molecule is CCCC(C)(O)c1cnc(O[C@H](C)C[C@@H](C)S(C)(=O)=O)c2cnc(Cl)cc12. The summed E-state index contributed by atoms with van der Waals surface area (Å²) in [6.45, 7) is 7.21. The van der Waals surface area contributed by atoms with E-state index in [0.717, 1.165) is 11.8 Å². The summed E-state index contributed by atoms with van der Waals surface area (Å²) >= 11 is 6.07. The zero-order valence-corrected chi connectivity index (χ0v) is 17.9. The number of aliphatic hydroxyl groups is 1. The van der Waals surface area contributed by atoms with Crippen molar-refractivity contribution in [2.45, 2.75) is 63.9 Å². The number of nitrogens with zero attached hydrogens (tertiary/aromatic N) is 2. The van der Waals surface area contributed by atoms with Crippen LogP contribution in [-0.4, -0.2) is 41.1 Å². The van der Waals surface area contributed by atoms with Crippen molar-refractivity contribution in [2.24, 2.45) is 0 Å². The topological polar surface area (TPSA) is 89.4 Å². The van der Waals surface area contributed by atoms with E-state index in [-0.39, 0.29) is 6.10 Å². The molecule has 0 aliphatic carbocycles. The van der Waals surface area contributed by atoms with Crippen LogP contribution in [0.25, 0.3) is 10.8 Å². The predicted molar refractivity (Wildman–Crippen MR) is 108 cm³/mol. The Bertz CT molecular complexity index is 915. The maximum Gasteiger partial charge on any atom is 0.223 e. The molecular weight excluding hydrogens is 388 g/mol. The van der Waals surface area contributed by atoms with Gasteiger partial charge in [0.15, 0.2) is 0 Å². The van der Waals surface area contributed by atoms with E-state index in [4.69, 9.17) is 16.3 Å². The quantitative estimate of drug-likeness (QED) is 0.659. The first-order valence-electron chi connectivity index (χ1n) is 8.98. The van der Waals surface area contributed by atoms with Crippen LogP contribution in [0, 0.1) is 0 Å². The minimum Gasteiger partial charge on any atom is -0.474 e. The smallest absolute Gasteiger partial charge is 0.223 e. The molecule has 0 radical (unpaired) electrons. The van der Waals surface area contributed by atoms with Gasteiger partial charge in [-0.3, -0.25) is 0 Å². The molecule has 8 heteroatoms. The summed E-state index contributed by atoms with van der Waals surface area (Å²) < 4.78 is 29.2. The van der Waals surface area contributed by atoms with Crippen molar-refractivity contribution in [3.05, 3.63) is 29.2 Å². The van der Waals surface area contributed by atoms with Crippen LogP contribution < -0.4 is 4.74 Å². The molecule has 150 valence electrons. The van der Waals surface area contributed by atoms with Gasteiger partial charge in [0.2, 0.25) is 5.88 Å². The fourth-order valence-electron chi connectivity index (χ4n) is 3.11. The Balaban J connectivity index is 2.42. The maximum atomic E-state index is 11.7. The van der Waals surface area contributed by atoms with E-state index >= 15 is 0 Å². The van der Waals surface area contributed by atoms with Crippen LogP contribution in [0.1, 0.15) is 52.5 Å². The molecule has 2 aromatic rings. The number of halogens is 1. The summed E-state index contributed by atoms with van der Waals surface area (Å²) in [5.74, 6) is 0.346. The molecule has 0 spiro atoms. The Kier molecular flexibility index (Phi) is 6.71. The van der Waals surface area contributed by atoms with E-state index in [1.165, 1.54) is 6.26 Å². The normalized spacial score (nSPS) is 16.7. The van der Waals surface area contributed by atoms with Gasteiger partial charge in [0.1, 0.15) is 15.0 Å². The zero-order valence-electron chi connectivity index (χ0n) is 16.4. The summed E-state index contributed by atoms with van der Waals surface area (Å²) in [6.07, 6.45) is 5.75. The highest BCUT2D eigenvalue weighted by molar-refractivity contribution is 7.91. The second kappa shape index (κ2) is 8.29. The lowest BCUT2D eigenvalue weighted by Crippen LogP contribution is -2.25. The molecule has 0 aromatic carbocycles. The van der Waals surface area contributed by atoms with E-state index in [9.17, 15) is 13.5 Å². The van der Waals surface area contributed by atoms with E-state index in [1.54, 1.807) is 39.2 Å². The number of hydrogen-bond acceptors (Lipinski definition) is 6. The molecule has 0 fully saturated rings. The molecule has 0 bridgehead atoms. The van der Waals surface area contributed by atoms with E-state index in [2.05, 4.69) is 9.97 Å². The molecule has 0 amide bonds. The molecule has 0 saturated carbocycles. The first-order chi connectivity index (χ1) is 12.5. The van der Waals surface area contributed by atoms with E-state index in [1.807, 2.05) is 6.92 Å². The van der Waals surface area contributed by atoms with Crippen molar-refractivity contribution in [1.82, 2.24) is 9.97 Å². The fourth-order valence-corrected chi connectivity index (χ4v) is 3.89. The summed E-state index contributed by atoms with van der Waals surface area (Å²) in [5.41, 5.74) is -0.396. The molecule has 0 saturated heterocycles. The first kappa shape index (κ1) is 21.9. The summed E-state index contributed by atoms with van der Waals surface area (Å²) in [5, 5.41) is 12.0. The molecule has 2 heterocycles. The predicted octanol–water partition coefficient (Wildman–Crippen LogP) is 3.88. The summed E-state index contributed by atoms with van der Waals surface area (Å²) in [6, 6.07) is 1.69. The number of ether oxygens (including phenoxy) is 1. The highest BCUT2D eigenvalue weighted by Gasteiger charge is 2.27. The minimum atomic E-state index is -3.13. The van der Waals surface area contributed by atoms with Gasteiger partial charge in [-0.15, -0.1) is 0 Å². The second-order valence-corrected chi connectivity index (χ2v) is 10.2. The summed E-state index contributed by atoms with van der Waals surface area (Å²) in [7, 11) is -3.13. The highest BCUT2D eigenvalue weighted by atomic mass is 35.5. The largest absolute Gasteiger partial charge is 0.474 e. The van der Waals surface area contributed by atoms with Crippen LogP contribution >= 0.6 is 11.6 Å². The molecular formula is C19H27ClN2O4S. The lowest BCUT2D eigenvalue weighted by molar-refractivity contribution is 0.0481. The molecule has 0 aliphatic heterocycles.